The summed E-state index contributed by atoms with van der Waals surface area (Å²) >= 11 is 0. The molecule has 2 aromatic heterocycles. The predicted octanol–water partition coefficient (Wildman–Crippen LogP) is 10.4. The van der Waals surface area contributed by atoms with Gasteiger partial charge in [0.1, 0.15) is 11.6 Å². The fourth-order valence-corrected chi connectivity index (χ4v) is 12.5. The number of carboxylic acids is 1. The first-order chi connectivity index (χ1) is 32.9. The Morgan fingerprint density at radius 1 is 0.882 bits per heavy atom. The molecule has 10 heteroatoms. The Morgan fingerprint density at radius 2 is 1.65 bits per heavy atom. The number of aliphatic carboxylic acids is 1. The number of unbranched alkanes of at least 4 members (excludes halogenated alkanes) is 4. The van der Waals surface area contributed by atoms with Crippen molar-refractivity contribution in [3.05, 3.63) is 132 Å². The molecule has 5 aromatic rings. The molecule has 3 aromatic carbocycles. The van der Waals surface area contributed by atoms with Crippen molar-refractivity contribution < 1.29 is 35.4 Å². The molecule has 0 aliphatic heterocycles. The van der Waals surface area contributed by atoms with Gasteiger partial charge in [0.05, 0.1) is 29.4 Å². The van der Waals surface area contributed by atoms with E-state index in [1.54, 1.807) is 12.3 Å². The van der Waals surface area contributed by atoms with E-state index < -0.39 is 29.5 Å². The highest BCUT2D eigenvalue weighted by atomic mass is 16.4. The molecule has 2 heterocycles. The third-order valence-electron chi connectivity index (χ3n) is 16.0. The molecule has 0 bridgehead atoms. The SMILES string of the molecule is CCCCC[C@@H]1C=C[C@@H](CCCCC[C@H](C(=O)O)[C@H](O)[C@H]2CC[C@@H]3[C@@H](Cc4ccnc(N)c4)C[C@H](Cc4cc(-c5ccccc5)c(-c5cc(O)cc([O-])c5Cc5ccccc5)[nH]4)[C@]3(O)C2)[C@H](O)C1. The third kappa shape index (κ3) is 11.5. The topological polar surface area (TPSA) is 196 Å². The van der Waals surface area contributed by atoms with Crippen molar-refractivity contribution in [2.75, 3.05) is 5.73 Å². The second-order valence-electron chi connectivity index (χ2n) is 20.6. The Morgan fingerprint density at radius 3 is 2.38 bits per heavy atom. The first-order valence-corrected chi connectivity index (χ1v) is 25.4. The standard InChI is InChI=1S/C58H73N3O7/c1-2-3-7-14-38-21-22-41(52(63)29-38)19-12-6-13-20-47(57(66)67)56(65)42-23-24-51-43(27-39-25-26-60-54(59)30-39)31-44(58(51,68)36-42)32-45-33-48(40-17-10-5-11-18-40)55(61-45)50-34-46(62)35-53(64)49(50)28-37-15-8-4-9-16-37/h4-5,8-11,15-18,21-22,25-26,30,33-35,38,41-44,47,51-52,56,61-65,68H,2-3,6-7,12-14,19-20,23-24,27-29,31-32,36H2,1H3,(H2,59,60)(H,66,67)/p-1/t38-,41-,42+,43+,44-,47+,51-,52-,56-,58-/m1/s1. The summed E-state index contributed by atoms with van der Waals surface area (Å²) < 4.78 is 0. The number of allylic oxidation sites excluding steroid dienone is 1. The summed E-state index contributed by atoms with van der Waals surface area (Å²) in [5.41, 5.74) is 11.6. The number of pyridine rings is 1. The van der Waals surface area contributed by atoms with Gasteiger partial charge in [0, 0.05) is 28.9 Å². The number of phenols is 1. The molecule has 8 N–H and O–H groups in total. The van der Waals surface area contributed by atoms with Crippen molar-refractivity contribution in [3.63, 3.8) is 0 Å². The zero-order chi connectivity index (χ0) is 47.8. The smallest absolute Gasteiger partial charge is 0.309 e. The maximum Gasteiger partial charge on any atom is 0.309 e. The number of H-pyrrole nitrogens is 1. The molecular weight excluding hydrogens is 851 g/mol. The van der Waals surface area contributed by atoms with Crippen molar-refractivity contribution >= 4 is 11.8 Å². The number of fused-ring (bicyclic) bond motifs is 1. The van der Waals surface area contributed by atoms with E-state index in [0.29, 0.717) is 80.7 Å². The Balaban J connectivity index is 1.02. The molecule has 0 saturated heterocycles. The van der Waals surface area contributed by atoms with Crippen molar-refractivity contribution in [1.29, 1.82) is 0 Å². The lowest BCUT2D eigenvalue weighted by atomic mass is 9.64. The third-order valence-corrected chi connectivity index (χ3v) is 16.0. The number of carbonyl (C=O) groups is 1. The van der Waals surface area contributed by atoms with Gasteiger partial charge in [-0.3, -0.25) is 4.79 Å². The van der Waals surface area contributed by atoms with Crippen molar-refractivity contribution in [3.8, 4) is 33.9 Å². The first-order valence-electron chi connectivity index (χ1n) is 25.4. The monoisotopic (exact) mass is 923 g/mol. The lowest BCUT2D eigenvalue weighted by Crippen LogP contribution is -2.50. The number of hydrogen-bond acceptors (Lipinski definition) is 8. The Bertz CT molecular complexity index is 2450. The summed E-state index contributed by atoms with van der Waals surface area (Å²) in [6.45, 7) is 2.21. The molecule has 68 heavy (non-hydrogen) atoms. The average Bonchev–Trinajstić information content (AvgIpc) is 3.86. The number of nitrogen functional groups attached to an aromatic ring is 1. The first kappa shape index (κ1) is 49.0. The van der Waals surface area contributed by atoms with E-state index in [-0.39, 0.29) is 41.3 Å². The van der Waals surface area contributed by atoms with Crippen LogP contribution >= 0.6 is 0 Å². The molecule has 3 aliphatic rings. The van der Waals surface area contributed by atoms with Crippen LogP contribution in [0, 0.1) is 41.4 Å². The number of nitrogens with two attached hydrogens (primary N) is 1. The zero-order valence-electron chi connectivity index (χ0n) is 39.7. The summed E-state index contributed by atoms with van der Waals surface area (Å²) in [5.74, 6) is -1.90. The number of rotatable bonds is 21. The van der Waals surface area contributed by atoms with Crippen LogP contribution in [0.5, 0.6) is 11.5 Å². The summed E-state index contributed by atoms with van der Waals surface area (Å²) in [4.78, 5) is 20.8. The van der Waals surface area contributed by atoms with Crippen LogP contribution in [0.4, 0.5) is 5.82 Å². The highest BCUT2D eigenvalue weighted by Gasteiger charge is 2.57. The Kier molecular flexibility index (Phi) is 16.1. The maximum atomic E-state index is 13.7. The van der Waals surface area contributed by atoms with Crippen molar-refractivity contribution in [2.45, 2.75) is 134 Å². The molecule has 10 nitrogen and oxygen atoms in total. The molecule has 3 aliphatic carbocycles. The van der Waals surface area contributed by atoms with Gasteiger partial charge in [0.2, 0.25) is 0 Å². The number of nitrogens with one attached hydrogen (secondary N) is 1. The highest BCUT2D eigenvalue weighted by Crippen LogP contribution is 2.56. The molecule has 362 valence electrons. The highest BCUT2D eigenvalue weighted by molar-refractivity contribution is 5.85. The number of nitrogens with zero attached hydrogens (tertiary/aromatic N) is 1. The number of aromatic amines is 1. The Labute approximate surface area is 402 Å². The van der Waals surface area contributed by atoms with Gasteiger partial charge in [-0.2, -0.15) is 0 Å². The molecule has 10 atom stereocenters. The second-order valence-corrected chi connectivity index (χ2v) is 20.6. The number of aromatic nitrogens is 2. The minimum atomic E-state index is -1.19. The number of benzene rings is 3. The largest absolute Gasteiger partial charge is 0.872 e. The van der Waals surface area contributed by atoms with Crippen LogP contribution in [-0.2, 0) is 24.1 Å². The van der Waals surface area contributed by atoms with E-state index in [2.05, 4.69) is 35.1 Å². The van der Waals surface area contributed by atoms with Crippen LogP contribution in [0.1, 0.15) is 119 Å². The fraction of sp³-hybridized carbons (Fsp3) is 0.483. The minimum absolute atomic E-state index is 0.0842. The number of aliphatic hydroxyl groups excluding tert-OH is 2. The van der Waals surface area contributed by atoms with Crippen LogP contribution in [-0.4, -0.2) is 59.3 Å². The van der Waals surface area contributed by atoms with Gasteiger partial charge in [-0.05, 0) is 153 Å². The fourth-order valence-electron chi connectivity index (χ4n) is 12.5. The number of anilines is 1. The van der Waals surface area contributed by atoms with Gasteiger partial charge >= 0.3 is 5.97 Å². The lowest BCUT2D eigenvalue weighted by Gasteiger charge is -2.45. The summed E-state index contributed by atoms with van der Waals surface area (Å²) in [7, 11) is 0. The van der Waals surface area contributed by atoms with Crippen molar-refractivity contribution in [1.82, 2.24) is 9.97 Å². The number of aromatic hydroxyl groups is 1. The van der Waals surface area contributed by atoms with Gasteiger partial charge in [0.25, 0.3) is 0 Å². The Hall–Kier alpha value is -5.42. The second kappa shape index (κ2) is 22.3. The van der Waals surface area contributed by atoms with Gasteiger partial charge in [0.15, 0.2) is 0 Å². The van der Waals surface area contributed by atoms with Gasteiger partial charge in [-0.1, -0.05) is 118 Å². The van der Waals surface area contributed by atoms with Gasteiger partial charge in [-0.15, -0.1) is 5.75 Å². The molecule has 0 spiro atoms. The lowest BCUT2D eigenvalue weighted by molar-refractivity contribution is -0.269. The van der Waals surface area contributed by atoms with E-state index in [1.807, 2.05) is 72.8 Å². The van der Waals surface area contributed by atoms with Crippen LogP contribution < -0.4 is 10.8 Å². The number of carboxylic acid groups (broad SMARTS) is 1. The normalized spacial score (nSPS) is 25.5. The number of aliphatic hydroxyl groups is 3. The average molecular weight is 923 g/mol. The minimum Gasteiger partial charge on any atom is -0.872 e. The van der Waals surface area contributed by atoms with Gasteiger partial charge < -0.3 is 41.4 Å². The molecule has 2 fully saturated rings. The van der Waals surface area contributed by atoms with E-state index >= 15 is 0 Å². The number of hydrogen-bond donors (Lipinski definition) is 7. The summed E-state index contributed by atoms with van der Waals surface area (Å²) in [6.07, 6.45) is 17.7. The van der Waals surface area contributed by atoms with Gasteiger partial charge in [-0.25, -0.2) is 4.98 Å². The predicted molar refractivity (Wildman–Crippen MR) is 267 cm³/mol. The van der Waals surface area contributed by atoms with Crippen LogP contribution in [0.2, 0.25) is 0 Å². The quantitative estimate of drug-likeness (QED) is 0.0277. The van der Waals surface area contributed by atoms with E-state index in [4.69, 9.17) is 5.73 Å². The van der Waals surface area contributed by atoms with E-state index in [1.165, 1.54) is 25.3 Å². The van der Waals surface area contributed by atoms with E-state index in [0.717, 1.165) is 65.7 Å². The van der Waals surface area contributed by atoms with Crippen LogP contribution in [0.15, 0.2) is 109 Å². The summed E-state index contributed by atoms with van der Waals surface area (Å²) in [5, 5.41) is 71.2. The molecule has 0 amide bonds. The molecular formula is C58H72N3O7-. The molecule has 0 unspecified atom stereocenters. The summed E-state index contributed by atoms with van der Waals surface area (Å²) in [6, 6.07) is 28.7. The van der Waals surface area contributed by atoms with E-state index in [9.17, 15) is 35.4 Å². The molecule has 2 saturated carbocycles. The zero-order valence-corrected chi connectivity index (χ0v) is 39.7. The molecule has 8 rings (SSSR count). The maximum absolute atomic E-state index is 13.7. The van der Waals surface area contributed by atoms with Crippen LogP contribution in [0.3, 0.4) is 0 Å². The molecule has 0 radical (unpaired) electrons. The van der Waals surface area contributed by atoms with Crippen molar-refractivity contribution in [2.24, 2.45) is 41.4 Å². The number of phenolic OH excluding ortho intramolecular Hbond substituents is 1. The van der Waals surface area contributed by atoms with Crippen LogP contribution in [0.25, 0.3) is 22.4 Å².